The molecule has 0 unspecified atom stereocenters. The Morgan fingerprint density at radius 2 is 1.90 bits per heavy atom. The molecule has 12 heteroatoms. The van der Waals surface area contributed by atoms with Gasteiger partial charge in [-0.3, -0.25) is 14.5 Å². The van der Waals surface area contributed by atoms with Gasteiger partial charge in [0, 0.05) is 15.7 Å². The number of phenols is 1. The normalized spacial score (nSPS) is 15.2. The topological polar surface area (TPSA) is 117 Å². The summed E-state index contributed by atoms with van der Waals surface area (Å²) in [5.74, 6) is -0.0638. The van der Waals surface area contributed by atoms with E-state index in [-0.39, 0.29) is 24.8 Å². The molecule has 42 heavy (non-hydrogen) atoms. The quantitative estimate of drug-likeness (QED) is 0.123. The maximum absolute atomic E-state index is 13.5. The van der Waals surface area contributed by atoms with Crippen LogP contribution in [0.1, 0.15) is 16.9 Å². The van der Waals surface area contributed by atoms with Crippen LogP contribution in [0, 0.1) is 5.82 Å². The first-order chi connectivity index (χ1) is 20.3. The van der Waals surface area contributed by atoms with Crippen molar-refractivity contribution in [2.24, 2.45) is 10.2 Å². The summed E-state index contributed by atoms with van der Waals surface area (Å²) in [4.78, 5) is 27.7. The third-order valence-corrected chi connectivity index (χ3v) is 7.26. The summed E-state index contributed by atoms with van der Waals surface area (Å²) in [6.07, 6.45) is 4.70. The van der Waals surface area contributed by atoms with E-state index in [0.717, 1.165) is 21.8 Å². The van der Waals surface area contributed by atoms with Gasteiger partial charge in [-0.2, -0.15) is 5.10 Å². The highest BCUT2D eigenvalue weighted by molar-refractivity contribution is 9.10. The summed E-state index contributed by atoms with van der Waals surface area (Å²) in [7, 11) is 0. The summed E-state index contributed by atoms with van der Waals surface area (Å²) in [5, 5.41) is 20.9. The molecule has 9 nitrogen and oxygen atoms in total. The Hall–Kier alpha value is -4.68. The number of nitrogens with zero attached hydrogens (tertiary/aromatic N) is 3. The van der Waals surface area contributed by atoms with Gasteiger partial charge in [0.15, 0.2) is 11.8 Å². The van der Waals surface area contributed by atoms with Crippen molar-refractivity contribution in [1.82, 2.24) is 4.90 Å². The van der Waals surface area contributed by atoms with Crippen LogP contribution in [0.2, 0.25) is 0 Å². The lowest BCUT2D eigenvalue weighted by Gasteiger charge is -2.13. The summed E-state index contributed by atoms with van der Waals surface area (Å²) in [6, 6.07) is 20.5. The molecule has 1 aromatic heterocycles. The van der Waals surface area contributed by atoms with Crippen molar-refractivity contribution < 1.29 is 28.2 Å². The van der Waals surface area contributed by atoms with Gasteiger partial charge in [0.05, 0.1) is 23.9 Å². The van der Waals surface area contributed by atoms with E-state index in [9.17, 15) is 19.1 Å². The number of carbonyl (C=O) groups excluding carboxylic acids is 2. The fraction of sp³-hybridized carbons (Fsp3) is 0.0667. The number of aromatic hydroxyl groups is 1. The number of hydrogen-bond donors (Lipinski definition) is 2. The summed E-state index contributed by atoms with van der Waals surface area (Å²) in [5.41, 5.74) is 1.72. The van der Waals surface area contributed by atoms with Crippen molar-refractivity contribution in [3.63, 3.8) is 0 Å². The molecule has 0 radical (unpaired) electrons. The summed E-state index contributed by atoms with van der Waals surface area (Å²) >= 11 is 4.58. The molecule has 2 N–H and O–H groups in total. The SMILES string of the molecule is O=C(COc1ccc(Br)cc1/C=C1\S/C(=N/N=C\c2ccc(O)cc2)N(Cc2ccco2)C1=O)Nc1ccc(F)cc1. The third kappa shape index (κ3) is 7.53. The second kappa shape index (κ2) is 13.3. The second-order valence-corrected chi connectivity index (χ2v) is 10.8. The highest BCUT2D eigenvalue weighted by Gasteiger charge is 2.34. The van der Waals surface area contributed by atoms with E-state index in [4.69, 9.17) is 9.15 Å². The van der Waals surface area contributed by atoms with Crippen LogP contribution >= 0.6 is 27.7 Å². The molecule has 3 aromatic carbocycles. The molecule has 2 amide bonds. The molecule has 2 heterocycles. The van der Waals surface area contributed by atoms with Crippen LogP contribution in [-0.2, 0) is 16.1 Å². The number of amidine groups is 1. The number of phenolic OH excluding ortho intramolecular Hbond substituents is 1. The first-order valence-electron chi connectivity index (χ1n) is 12.5. The van der Waals surface area contributed by atoms with Crippen LogP contribution in [-0.4, -0.2) is 39.8 Å². The minimum absolute atomic E-state index is 0.138. The highest BCUT2D eigenvalue weighted by atomic mass is 79.9. The van der Waals surface area contributed by atoms with Gasteiger partial charge in [0.1, 0.15) is 23.1 Å². The van der Waals surface area contributed by atoms with Crippen molar-refractivity contribution in [1.29, 1.82) is 0 Å². The molecule has 0 bridgehead atoms. The van der Waals surface area contributed by atoms with Gasteiger partial charge < -0.3 is 19.6 Å². The molecule has 1 fully saturated rings. The zero-order chi connectivity index (χ0) is 29.5. The van der Waals surface area contributed by atoms with Gasteiger partial charge in [-0.15, -0.1) is 5.10 Å². The van der Waals surface area contributed by atoms with Gasteiger partial charge >= 0.3 is 0 Å². The lowest BCUT2D eigenvalue weighted by Crippen LogP contribution is -2.28. The minimum Gasteiger partial charge on any atom is -0.508 e. The van der Waals surface area contributed by atoms with E-state index in [0.29, 0.717) is 32.8 Å². The number of amides is 2. The zero-order valence-electron chi connectivity index (χ0n) is 21.7. The number of thioether (sulfide) groups is 1. The Bertz CT molecular complexity index is 1670. The number of furan rings is 1. The van der Waals surface area contributed by atoms with Crippen molar-refractivity contribution in [3.8, 4) is 11.5 Å². The molecule has 1 aliphatic heterocycles. The fourth-order valence-corrected chi connectivity index (χ4v) is 5.07. The van der Waals surface area contributed by atoms with E-state index >= 15 is 0 Å². The van der Waals surface area contributed by atoms with Crippen LogP contribution in [0.5, 0.6) is 11.5 Å². The predicted octanol–water partition coefficient (Wildman–Crippen LogP) is 6.41. The Balaban J connectivity index is 1.36. The number of anilines is 1. The summed E-state index contributed by atoms with van der Waals surface area (Å²) < 4.78 is 25.1. The smallest absolute Gasteiger partial charge is 0.267 e. The van der Waals surface area contributed by atoms with Gasteiger partial charge in [0.25, 0.3) is 11.8 Å². The maximum Gasteiger partial charge on any atom is 0.267 e. The molecule has 0 saturated carbocycles. The Morgan fingerprint density at radius 3 is 2.64 bits per heavy atom. The van der Waals surface area contributed by atoms with Crippen LogP contribution < -0.4 is 10.1 Å². The van der Waals surface area contributed by atoms with Crippen LogP contribution in [0.4, 0.5) is 10.1 Å². The number of nitrogens with one attached hydrogen (secondary N) is 1. The van der Waals surface area contributed by atoms with Gasteiger partial charge in [-0.1, -0.05) is 15.9 Å². The van der Waals surface area contributed by atoms with Crippen molar-refractivity contribution in [3.05, 3.63) is 117 Å². The van der Waals surface area contributed by atoms with E-state index in [1.54, 1.807) is 48.5 Å². The number of hydrogen-bond acceptors (Lipinski definition) is 8. The molecule has 0 atom stereocenters. The lowest BCUT2D eigenvalue weighted by molar-refractivity contribution is -0.122. The zero-order valence-corrected chi connectivity index (χ0v) is 24.1. The minimum atomic E-state index is -0.431. The monoisotopic (exact) mass is 648 g/mol. The van der Waals surface area contributed by atoms with E-state index in [1.807, 2.05) is 0 Å². The molecule has 1 aliphatic rings. The maximum atomic E-state index is 13.5. The second-order valence-electron chi connectivity index (χ2n) is 8.83. The van der Waals surface area contributed by atoms with Gasteiger partial charge in [-0.05, 0) is 102 Å². The fourth-order valence-electron chi connectivity index (χ4n) is 3.76. The first-order valence-corrected chi connectivity index (χ1v) is 14.1. The first kappa shape index (κ1) is 28.8. The number of ether oxygens (including phenoxy) is 1. The third-order valence-electron chi connectivity index (χ3n) is 5.77. The lowest BCUT2D eigenvalue weighted by atomic mass is 10.2. The molecule has 4 aromatic rings. The summed E-state index contributed by atoms with van der Waals surface area (Å²) in [6.45, 7) is -0.158. The standard InChI is InChI=1S/C30H22BrFN4O5S/c31-21-5-12-26(41-18-28(38)34-23-8-6-22(32)7-9-23)20(14-21)15-27-29(39)36(17-25-2-1-13-40-25)30(42-27)35-33-16-19-3-10-24(37)11-4-19/h1-16,37H,17-18H2,(H,34,38)/b27-15-,33-16-,35-30+. The van der Waals surface area contributed by atoms with Crippen molar-refractivity contribution in [2.75, 3.05) is 11.9 Å². The Morgan fingerprint density at radius 1 is 1.12 bits per heavy atom. The number of carbonyl (C=O) groups is 2. The van der Waals surface area contributed by atoms with Crippen LogP contribution in [0.3, 0.4) is 0 Å². The van der Waals surface area contributed by atoms with Crippen LogP contribution in [0.15, 0.2) is 109 Å². The Kier molecular flexibility index (Phi) is 9.15. The molecular formula is C30H22BrFN4O5S. The Labute approximate surface area is 252 Å². The number of halogens is 2. The van der Waals surface area contributed by atoms with Gasteiger partial charge in [-0.25, -0.2) is 4.39 Å². The molecular weight excluding hydrogens is 627 g/mol. The molecule has 0 spiro atoms. The number of rotatable bonds is 9. The predicted molar refractivity (Wildman–Crippen MR) is 163 cm³/mol. The van der Waals surface area contributed by atoms with E-state index in [1.165, 1.54) is 53.8 Å². The average Bonchev–Trinajstić information content (AvgIpc) is 3.59. The molecule has 212 valence electrons. The molecule has 0 aliphatic carbocycles. The highest BCUT2D eigenvalue weighted by Crippen LogP contribution is 2.36. The number of benzene rings is 3. The van der Waals surface area contributed by atoms with Crippen molar-refractivity contribution >= 4 is 62.7 Å². The van der Waals surface area contributed by atoms with Gasteiger partial charge in [0.2, 0.25) is 0 Å². The van der Waals surface area contributed by atoms with E-state index in [2.05, 4.69) is 31.4 Å². The molecule has 1 saturated heterocycles. The van der Waals surface area contributed by atoms with E-state index < -0.39 is 11.7 Å². The van der Waals surface area contributed by atoms with Crippen LogP contribution in [0.25, 0.3) is 6.08 Å². The molecule has 5 rings (SSSR count). The average molecular weight is 649 g/mol. The van der Waals surface area contributed by atoms with Crippen molar-refractivity contribution in [2.45, 2.75) is 6.54 Å². The largest absolute Gasteiger partial charge is 0.508 e.